The van der Waals surface area contributed by atoms with Crippen LogP contribution in [0.1, 0.15) is 5.69 Å². The fourth-order valence-corrected chi connectivity index (χ4v) is 0.749. The van der Waals surface area contributed by atoms with Gasteiger partial charge in [-0.25, -0.2) is 9.37 Å². The number of nitrogens with zero attached hydrogens (tertiary/aromatic N) is 1. The van der Waals surface area contributed by atoms with Crippen LogP contribution in [0.2, 0.25) is 5.02 Å². The summed E-state index contributed by atoms with van der Waals surface area (Å²) in [6.07, 6.45) is 1.63. The lowest BCUT2D eigenvalue weighted by atomic mass is 10.3. The summed E-state index contributed by atoms with van der Waals surface area (Å²) < 4.78 is 12.8. The predicted molar refractivity (Wildman–Crippen MR) is 42.1 cm³/mol. The number of halogens is 2. The van der Waals surface area contributed by atoms with Crippen LogP contribution in [0.5, 0.6) is 0 Å². The Morgan fingerprint density at radius 3 is 3.00 bits per heavy atom. The van der Waals surface area contributed by atoms with E-state index in [0.717, 1.165) is 6.07 Å². The van der Waals surface area contributed by atoms with Crippen LogP contribution >= 0.6 is 11.6 Å². The van der Waals surface area contributed by atoms with Crippen molar-refractivity contribution in [3.63, 3.8) is 0 Å². The second-order valence-electron chi connectivity index (χ2n) is 1.87. The molecule has 1 aromatic rings. The maximum atomic E-state index is 12.8. The smallest absolute Gasteiger partial charge is 0.193 e. The summed E-state index contributed by atoms with van der Waals surface area (Å²) in [5.74, 6) is 3.65. The zero-order valence-corrected chi connectivity index (χ0v) is 6.60. The van der Waals surface area contributed by atoms with Crippen LogP contribution in [0.4, 0.5) is 4.39 Å². The maximum absolute atomic E-state index is 12.8. The molecule has 1 aromatic heterocycles. The van der Waals surface area contributed by atoms with Crippen LogP contribution in [-0.2, 0) is 4.79 Å². The second-order valence-corrected chi connectivity index (χ2v) is 2.31. The van der Waals surface area contributed by atoms with E-state index in [1.807, 2.05) is 5.92 Å². The Bertz CT molecular complexity index is 367. The topological polar surface area (TPSA) is 30.0 Å². The highest BCUT2D eigenvalue weighted by atomic mass is 35.5. The van der Waals surface area contributed by atoms with Crippen LogP contribution in [0.15, 0.2) is 12.3 Å². The molecule has 0 radical (unpaired) electrons. The standard InChI is InChI=1S/C8H3ClFNO/c9-6-4-7(10)8(11-5-6)2-1-3-12/h3-5H. The Morgan fingerprint density at radius 1 is 1.67 bits per heavy atom. The van der Waals surface area contributed by atoms with E-state index in [-0.39, 0.29) is 10.7 Å². The first-order valence-electron chi connectivity index (χ1n) is 3.00. The molecular weight excluding hydrogens is 181 g/mol. The van der Waals surface area contributed by atoms with Gasteiger partial charge in [0.2, 0.25) is 0 Å². The summed E-state index contributed by atoms with van der Waals surface area (Å²) in [5.41, 5.74) is -0.0773. The van der Waals surface area contributed by atoms with Gasteiger partial charge in [-0.1, -0.05) is 11.6 Å². The first kappa shape index (κ1) is 8.69. The molecule has 0 aliphatic carbocycles. The summed E-state index contributed by atoms with van der Waals surface area (Å²) in [7, 11) is 0. The van der Waals surface area contributed by atoms with Crippen molar-refractivity contribution in [2.45, 2.75) is 0 Å². The van der Waals surface area contributed by atoms with Crippen LogP contribution in [0, 0.1) is 17.7 Å². The third-order valence-corrected chi connectivity index (χ3v) is 1.26. The lowest BCUT2D eigenvalue weighted by Crippen LogP contribution is -1.88. The Balaban J connectivity index is 3.09. The number of aldehydes is 1. The predicted octanol–water partition coefficient (Wildman–Crippen LogP) is 1.42. The Morgan fingerprint density at radius 2 is 2.42 bits per heavy atom. The number of carbonyl (C=O) groups is 1. The molecule has 4 heteroatoms. The van der Waals surface area contributed by atoms with Gasteiger partial charge in [0, 0.05) is 6.20 Å². The zero-order chi connectivity index (χ0) is 8.97. The molecule has 0 atom stereocenters. The monoisotopic (exact) mass is 183 g/mol. The molecule has 0 saturated heterocycles. The molecule has 0 amide bonds. The molecule has 0 bridgehead atoms. The molecule has 0 aliphatic rings. The molecule has 2 nitrogen and oxygen atoms in total. The molecule has 1 rings (SSSR count). The highest BCUT2D eigenvalue weighted by Crippen LogP contribution is 2.10. The summed E-state index contributed by atoms with van der Waals surface area (Å²) in [5, 5.41) is 0.198. The highest BCUT2D eigenvalue weighted by Gasteiger charge is 1.99. The maximum Gasteiger partial charge on any atom is 0.193 e. The molecule has 0 spiro atoms. The third kappa shape index (κ3) is 2.04. The van der Waals surface area contributed by atoms with Gasteiger partial charge in [-0.3, -0.25) is 4.79 Å². The van der Waals surface area contributed by atoms with E-state index in [2.05, 4.69) is 10.9 Å². The highest BCUT2D eigenvalue weighted by molar-refractivity contribution is 6.30. The van der Waals surface area contributed by atoms with E-state index in [0.29, 0.717) is 6.29 Å². The molecular formula is C8H3ClFNO. The normalized spacial score (nSPS) is 8.50. The van der Waals surface area contributed by atoms with Crippen LogP contribution in [0.3, 0.4) is 0 Å². The zero-order valence-electron chi connectivity index (χ0n) is 5.84. The quantitative estimate of drug-likeness (QED) is 0.450. The van der Waals surface area contributed by atoms with Gasteiger partial charge in [-0.05, 0) is 17.9 Å². The van der Waals surface area contributed by atoms with E-state index >= 15 is 0 Å². The van der Waals surface area contributed by atoms with E-state index < -0.39 is 5.82 Å². The van der Waals surface area contributed by atoms with Gasteiger partial charge in [0.15, 0.2) is 12.1 Å². The van der Waals surface area contributed by atoms with Crippen molar-refractivity contribution in [1.82, 2.24) is 4.98 Å². The van der Waals surface area contributed by atoms with E-state index in [9.17, 15) is 9.18 Å². The summed E-state index contributed by atoms with van der Waals surface area (Å²) >= 11 is 5.43. The van der Waals surface area contributed by atoms with Gasteiger partial charge in [-0.15, -0.1) is 0 Å². The molecule has 0 aliphatic heterocycles. The summed E-state index contributed by atoms with van der Waals surface area (Å²) in [4.78, 5) is 13.4. The minimum Gasteiger partial charge on any atom is -0.289 e. The van der Waals surface area contributed by atoms with E-state index in [4.69, 9.17) is 11.6 Å². The molecule has 0 N–H and O–H groups in total. The Labute approximate surface area is 73.4 Å². The minimum atomic E-state index is -0.628. The van der Waals surface area contributed by atoms with Crippen molar-refractivity contribution in [2.24, 2.45) is 0 Å². The SMILES string of the molecule is O=CC#Cc1ncc(Cl)cc1F. The van der Waals surface area contributed by atoms with Crippen molar-refractivity contribution >= 4 is 17.9 Å². The number of rotatable bonds is 0. The van der Waals surface area contributed by atoms with Crippen LogP contribution in [0.25, 0.3) is 0 Å². The van der Waals surface area contributed by atoms with Gasteiger partial charge in [0.05, 0.1) is 5.02 Å². The molecule has 12 heavy (non-hydrogen) atoms. The van der Waals surface area contributed by atoms with Crippen molar-refractivity contribution in [3.8, 4) is 11.8 Å². The third-order valence-electron chi connectivity index (χ3n) is 1.06. The van der Waals surface area contributed by atoms with Crippen molar-refractivity contribution in [2.75, 3.05) is 0 Å². The fraction of sp³-hybridized carbons (Fsp3) is 0. The number of carbonyl (C=O) groups excluding carboxylic acids is 1. The Kier molecular flexibility index (Phi) is 2.78. The van der Waals surface area contributed by atoms with Crippen molar-refractivity contribution in [3.05, 3.63) is 28.8 Å². The molecule has 1 heterocycles. The molecule has 0 unspecified atom stereocenters. The molecule has 0 saturated carbocycles. The van der Waals surface area contributed by atoms with Gasteiger partial charge in [0.1, 0.15) is 5.69 Å². The first-order valence-corrected chi connectivity index (χ1v) is 3.38. The number of hydrogen-bond donors (Lipinski definition) is 0. The summed E-state index contributed by atoms with van der Waals surface area (Å²) in [6, 6.07) is 1.09. The van der Waals surface area contributed by atoms with Gasteiger partial charge in [-0.2, -0.15) is 0 Å². The summed E-state index contributed by atoms with van der Waals surface area (Å²) in [6.45, 7) is 0. The number of aromatic nitrogens is 1. The van der Waals surface area contributed by atoms with E-state index in [1.165, 1.54) is 6.20 Å². The average molecular weight is 184 g/mol. The van der Waals surface area contributed by atoms with Gasteiger partial charge < -0.3 is 0 Å². The lowest BCUT2D eigenvalue weighted by molar-refractivity contribution is -0.103. The van der Waals surface area contributed by atoms with Gasteiger partial charge >= 0.3 is 0 Å². The average Bonchev–Trinajstić information content (AvgIpc) is 2.03. The van der Waals surface area contributed by atoms with Crippen molar-refractivity contribution in [1.29, 1.82) is 0 Å². The van der Waals surface area contributed by atoms with Crippen LogP contribution < -0.4 is 0 Å². The first-order chi connectivity index (χ1) is 5.74. The van der Waals surface area contributed by atoms with Crippen molar-refractivity contribution < 1.29 is 9.18 Å². The van der Waals surface area contributed by atoms with Gasteiger partial charge in [0.25, 0.3) is 0 Å². The Hall–Kier alpha value is -1.40. The molecule has 0 aromatic carbocycles. The largest absolute Gasteiger partial charge is 0.289 e. The fourth-order valence-electron chi connectivity index (χ4n) is 0.604. The minimum absolute atomic E-state index is 0.0773. The molecule has 0 fully saturated rings. The van der Waals surface area contributed by atoms with Crippen LogP contribution in [-0.4, -0.2) is 11.3 Å². The molecule has 60 valence electrons. The second kappa shape index (κ2) is 3.84. The number of hydrogen-bond acceptors (Lipinski definition) is 2. The lowest BCUT2D eigenvalue weighted by Gasteiger charge is -1.92. The number of pyridine rings is 1. The van der Waals surface area contributed by atoms with E-state index in [1.54, 1.807) is 0 Å².